The highest BCUT2D eigenvalue weighted by Crippen LogP contribution is 2.08. The van der Waals surface area contributed by atoms with Crippen LogP contribution in [0.25, 0.3) is 0 Å². The molecular weight excluding hydrogens is 266 g/mol. The molecule has 9 heteroatoms. The Morgan fingerprint density at radius 1 is 1.40 bits per heavy atom. The Kier molecular flexibility index (Phi) is 3.89. The van der Waals surface area contributed by atoms with E-state index in [4.69, 9.17) is 9.63 Å². The highest BCUT2D eigenvalue weighted by atomic mass is 16.5. The van der Waals surface area contributed by atoms with Crippen molar-refractivity contribution in [2.24, 2.45) is 0 Å². The molecule has 9 nitrogen and oxygen atoms in total. The normalized spacial score (nSPS) is 10.1. The van der Waals surface area contributed by atoms with Gasteiger partial charge in [-0.2, -0.15) is 4.98 Å². The van der Waals surface area contributed by atoms with Gasteiger partial charge < -0.3 is 20.3 Å². The lowest BCUT2D eigenvalue weighted by Crippen LogP contribution is -2.28. The van der Waals surface area contributed by atoms with Crippen LogP contribution in [-0.2, 0) is 6.54 Å². The zero-order valence-electron chi connectivity index (χ0n) is 10.5. The third-order valence-corrected chi connectivity index (χ3v) is 2.21. The molecule has 0 radical (unpaired) electrons. The van der Waals surface area contributed by atoms with E-state index in [1.165, 1.54) is 18.5 Å². The van der Waals surface area contributed by atoms with Gasteiger partial charge in [0.1, 0.15) is 0 Å². The molecule has 3 N–H and O–H groups in total. The van der Waals surface area contributed by atoms with E-state index in [1.807, 2.05) is 0 Å². The summed E-state index contributed by atoms with van der Waals surface area (Å²) in [4.78, 5) is 30.0. The molecule has 104 valence electrons. The number of nitrogens with zero attached hydrogens (tertiary/aromatic N) is 3. The molecular formula is C11H11N5O4. The lowest BCUT2D eigenvalue weighted by Gasteiger charge is -2.05. The van der Waals surface area contributed by atoms with E-state index in [0.717, 1.165) is 0 Å². The molecule has 0 fully saturated rings. The van der Waals surface area contributed by atoms with E-state index in [2.05, 4.69) is 25.8 Å². The molecule has 0 aliphatic rings. The number of carbonyl (C=O) groups is 2. The maximum atomic E-state index is 11.6. The van der Waals surface area contributed by atoms with Crippen LogP contribution in [0.15, 0.2) is 23.0 Å². The minimum absolute atomic E-state index is 0.0182. The first-order valence-corrected chi connectivity index (χ1v) is 5.57. The Hall–Kier alpha value is -2.97. The quantitative estimate of drug-likeness (QED) is 0.753. The Balaban J connectivity index is 1.91. The van der Waals surface area contributed by atoms with Crippen LogP contribution in [0.2, 0.25) is 0 Å². The maximum absolute atomic E-state index is 11.6. The number of nitrogens with one attached hydrogen (secondary N) is 2. The molecule has 2 amide bonds. The van der Waals surface area contributed by atoms with E-state index in [9.17, 15) is 9.59 Å². The lowest BCUT2D eigenvalue weighted by atomic mass is 10.3. The second kappa shape index (κ2) is 5.78. The van der Waals surface area contributed by atoms with Crippen LogP contribution >= 0.6 is 0 Å². The summed E-state index contributed by atoms with van der Waals surface area (Å²) in [5, 5.41) is 17.3. The molecule has 0 saturated carbocycles. The van der Waals surface area contributed by atoms with Gasteiger partial charge in [0.2, 0.25) is 5.89 Å². The monoisotopic (exact) mass is 277 g/mol. The zero-order valence-corrected chi connectivity index (χ0v) is 10.5. The summed E-state index contributed by atoms with van der Waals surface area (Å²) >= 11 is 0. The summed E-state index contributed by atoms with van der Waals surface area (Å²) < 4.78 is 4.82. The Labute approximate surface area is 113 Å². The lowest BCUT2D eigenvalue weighted by molar-refractivity contribution is 0.0696. The molecule has 0 aromatic carbocycles. The van der Waals surface area contributed by atoms with Gasteiger partial charge in [-0.25, -0.2) is 9.59 Å². The van der Waals surface area contributed by atoms with Gasteiger partial charge in [0.05, 0.1) is 24.0 Å². The third-order valence-electron chi connectivity index (χ3n) is 2.21. The van der Waals surface area contributed by atoms with Crippen LogP contribution in [0, 0.1) is 6.92 Å². The summed E-state index contributed by atoms with van der Waals surface area (Å²) in [7, 11) is 0. The van der Waals surface area contributed by atoms with E-state index >= 15 is 0 Å². The van der Waals surface area contributed by atoms with Gasteiger partial charge in [-0.3, -0.25) is 4.98 Å². The number of carboxylic acid groups (broad SMARTS) is 1. The predicted molar refractivity (Wildman–Crippen MR) is 66.1 cm³/mol. The average Bonchev–Trinajstić information content (AvgIpc) is 2.82. The SMILES string of the molecule is Cc1noc(CNC(=O)Nc2cncc(C(=O)O)c2)n1. The fraction of sp³-hybridized carbons (Fsp3) is 0.182. The van der Waals surface area contributed by atoms with Crippen LogP contribution in [-0.4, -0.2) is 32.2 Å². The number of carboxylic acids is 1. The standard InChI is InChI=1S/C11H11N5O4/c1-6-14-9(20-16-6)5-13-11(19)15-8-2-7(10(17)18)3-12-4-8/h2-4H,5H2,1H3,(H,17,18)(H2,13,15,19). The molecule has 20 heavy (non-hydrogen) atoms. The molecule has 0 aliphatic carbocycles. The van der Waals surface area contributed by atoms with Gasteiger partial charge in [0, 0.05) is 6.20 Å². The van der Waals surface area contributed by atoms with Crippen molar-refractivity contribution >= 4 is 17.7 Å². The molecule has 2 rings (SSSR count). The van der Waals surface area contributed by atoms with Crippen molar-refractivity contribution in [1.82, 2.24) is 20.4 Å². The van der Waals surface area contributed by atoms with Gasteiger partial charge in [0.25, 0.3) is 0 Å². The van der Waals surface area contributed by atoms with Crippen molar-refractivity contribution in [3.8, 4) is 0 Å². The van der Waals surface area contributed by atoms with E-state index in [1.54, 1.807) is 6.92 Å². The Morgan fingerprint density at radius 3 is 2.85 bits per heavy atom. The third kappa shape index (κ3) is 3.51. The maximum Gasteiger partial charge on any atom is 0.337 e. The summed E-state index contributed by atoms with van der Waals surface area (Å²) in [6.45, 7) is 1.73. The number of hydrogen-bond donors (Lipinski definition) is 3. The number of pyridine rings is 1. The fourth-order valence-corrected chi connectivity index (χ4v) is 1.37. The van der Waals surface area contributed by atoms with Crippen LogP contribution in [0.5, 0.6) is 0 Å². The van der Waals surface area contributed by atoms with Crippen LogP contribution in [0.4, 0.5) is 10.5 Å². The van der Waals surface area contributed by atoms with Crippen molar-refractivity contribution in [1.29, 1.82) is 0 Å². The molecule has 2 aromatic heterocycles. The number of rotatable bonds is 4. The molecule has 2 aromatic rings. The summed E-state index contributed by atoms with van der Waals surface area (Å²) in [6.07, 6.45) is 2.52. The second-order valence-corrected chi connectivity index (χ2v) is 3.81. The largest absolute Gasteiger partial charge is 0.478 e. The minimum Gasteiger partial charge on any atom is -0.478 e. The van der Waals surface area contributed by atoms with E-state index in [0.29, 0.717) is 5.82 Å². The topological polar surface area (TPSA) is 130 Å². The first-order valence-electron chi connectivity index (χ1n) is 5.57. The Bertz CT molecular complexity index is 639. The van der Waals surface area contributed by atoms with Crippen molar-refractivity contribution in [2.45, 2.75) is 13.5 Å². The van der Waals surface area contributed by atoms with E-state index in [-0.39, 0.29) is 23.7 Å². The van der Waals surface area contributed by atoms with Gasteiger partial charge in [0.15, 0.2) is 5.82 Å². The Morgan fingerprint density at radius 2 is 2.20 bits per heavy atom. The molecule has 0 atom stereocenters. The summed E-state index contributed by atoms with van der Waals surface area (Å²) in [5.41, 5.74) is 0.249. The molecule has 0 aliphatic heterocycles. The van der Waals surface area contributed by atoms with Crippen molar-refractivity contribution in [3.63, 3.8) is 0 Å². The number of urea groups is 1. The van der Waals surface area contributed by atoms with Crippen LogP contribution in [0.1, 0.15) is 22.1 Å². The fourth-order valence-electron chi connectivity index (χ4n) is 1.37. The number of aromatic nitrogens is 3. The summed E-state index contributed by atoms with van der Waals surface area (Å²) in [6, 6.07) is 0.761. The number of aryl methyl sites for hydroxylation is 1. The highest BCUT2D eigenvalue weighted by molar-refractivity contribution is 5.92. The highest BCUT2D eigenvalue weighted by Gasteiger charge is 2.08. The summed E-state index contributed by atoms with van der Waals surface area (Å²) in [5.74, 6) is -0.376. The molecule has 0 unspecified atom stereocenters. The van der Waals surface area contributed by atoms with Crippen molar-refractivity contribution in [3.05, 3.63) is 35.7 Å². The van der Waals surface area contributed by atoms with E-state index < -0.39 is 12.0 Å². The average molecular weight is 277 g/mol. The number of carbonyl (C=O) groups excluding carboxylic acids is 1. The minimum atomic E-state index is -1.12. The van der Waals surface area contributed by atoms with Gasteiger partial charge in [-0.1, -0.05) is 5.16 Å². The molecule has 0 bridgehead atoms. The zero-order chi connectivity index (χ0) is 14.5. The first-order chi connectivity index (χ1) is 9.54. The van der Waals surface area contributed by atoms with Gasteiger partial charge >= 0.3 is 12.0 Å². The smallest absolute Gasteiger partial charge is 0.337 e. The second-order valence-electron chi connectivity index (χ2n) is 3.81. The predicted octanol–water partition coefficient (Wildman–Crippen LogP) is 0.793. The van der Waals surface area contributed by atoms with Crippen molar-refractivity contribution in [2.75, 3.05) is 5.32 Å². The van der Waals surface area contributed by atoms with Crippen molar-refractivity contribution < 1.29 is 19.2 Å². The number of anilines is 1. The number of hydrogen-bond acceptors (Lipinski definition) is 6. The molecule has 0 saturated heterocycles. The van der Waals surface area contributed by atoms with Crippen LogP contribution in [0.3, 0.4) is 0 Å². The number of aromatic carboxylic acids is 1. The van der Waals surface area contributed by atoms with Gasteiger partial charge in [-0.15, -0.1) is 0 Å². The first kappa shape index (κ1) is 13.5. The molecule has 2 heterocycles. The molecule has 0 spiro atoms. The number of amides is 2. The van der Waals surface area contributed by atoms with Gasteiger partial charge in [-0.05, 0) is 13.0 Å². The van der Waals surface area contributed by atoms with Crippen LogP contribution < -0.4 is 10.6 Å².